The number of esters is 1. The van der Waals surface area contributed by atoms with Crippen LogP contribution < -0.4 is 10.1 Å². The number of methoxy groups -OCH3 is 1. The van der Waals surface area contributed by atoms with Crippen molar-refractivity contribution in [1.82, 2.24) is 5.32 Å². The lowest BCUT2D eigenvalue weighted by atomic mass is 10.2. The third-order valence-electron chi connectivity index (χ3n) is 2.82. The summed E-state index contributed by atoms with van der Waals surface area (Å²) in [7, 11) is 1.41. The van der Waals surface area contributed by atoms with Gasteiger partial charge in [-0.3, -0.25) is 4.79 Å². The summed E-state index contributed by atoms with van der Waals surface area (Å²) in [5.74, 6) is 0.589. The highest BCUT2D eigenvalue weighted by molar-refractivity contribution is 5.75. The first kappa shape index (κ1) is 15.5. The standard InChI is InChI=1S/C15H23NO3/c1-4-10-16-14(15(17)18-3)9-11-19-13-7-5-12(2)6-8-13/h5-8,14,16H,4,9-11H2,1-3H3. The van der Waals surface area contributed by atoms with Crippen molar-refractivity contribution in [2.24, 2.45) is 0 Å². The topological polar surface area (TPSA) is 47.6 Å². The zero-order valence-electron chi connectivity index (χ0n) is 11.9. The minimum Gasteiger partial charge on any atom is -0.494 e. The van der Waals surface area contributed by atoms with Gasteiger partial charge >= 0.3 is 5.97 Å². The summed E-state index contributed by atoms with van der Waals surface area (Å²) in [4.78, 5) is 11.6. The molecule has 0 spiro atoms. The molecule has 0 amide bonds. The van der Waals surface area contributed by atoms with Crippen LogP contribution in [0.25, 0.3) is 0 Å². The molecular formula is C15H23NO3. The summed E-state index contributed by atoms with van der Waals surface area (Å²) in [6, 6.07) is 7.57. The van der Waals surface area contributed by atoms with E-state index in [1.165, 1.54) is 12.7 Å². The maximum atomic E-state index is 11.6. The zero-order valence-corrected chi connectivity index (χ0v) is 11.9. The van der Waals surface area contributed by atoms with Crippen LogP contribution in [0.4, 0.5) is 0 Å². The van der Waals surface area contributed by atoms with Crippen LogP contribution in [0.3, 0.4) is 0 Å². The first-order valence-electron chi connectivity index (χ1n) is 6.68. The van der Waals surface area contributed by atoms with E-state index in [1.54, 1.807) is 0 Å². The van der Waals surface area contributed by atoms with Crippen LogP contribution in [0.5, 0.6) is 5.75 Å². The van der Waals surface area contributed by atoms with Crippen LogP contribution in [-0.2, 0) is 9.53 Å². The molecule has 0 aromatic heterocycles. The SMILES string of the molecule is CCCNC(CCOc1ccc(C)cc1)C(=O)OC. The van der Waals surface area contributed by atoms with Crippen molar-refractivity contribution in [3.05, 3.63) is 29.8 Å². The number of hydrogen-bond acceptors (Lipinski definition) is 4. The molecule has 0 saturated heterocycles. The number of nitrogens with one attached hydrogen (secondary N) is 1. The Labute approximate surface area is 115 Å². The maximum absolute atomic E-state index is 11.6. The number of carbonyl (C=O) groups is 1. The first-order chi connectivity index (χ1) is 9.17. The summed E-state index contributed by atoms with van der Waals surface area (Å²) in [6.45, 7) is 5.37. The number of rotatable bonds is 8. The molecule has 0 aliphatic rings. The minimum atomic E-state index is -0.296. The molecule has 1 unspecified atom stereocenters. The summed E-state index contributed by atoms with van der Waals surface area (Å²) in [6.07, 6.45) is 1.58. The Kier molecular flexibility index (Phi) is 6.97. The fourth-order valence-corrected chi connectivity index (χ4v) is 1.69. The molecule has 0 heterocycles. The second kappa shape index (κ2) is 8.53. The van der Waals surface area contributed by atoms with Crippen LogP contribution in [-0.4, -0.2) is 32.3 Å². The average Bonchev–Trinajstić information content (AvgIpc) is 2.43. The molecule has 19 heavy (non-hydrogen) atoms. The Morgan fingerprint density at radius 3 is 2.58 bits per heavy atom. The molecule has 1 N–H and O–H groups in total. The lowest BCUT2D eigenvalue weighted by molar-refractivity contribution is -0.143. The lowest BCUT2D eigenvalue weighted by Crippen LogP contribution is -2.39. The molecule has 106 valence electrons. The van der Waals surface area contributed by atoms with E-state index in [-0.39, 0.29) is 12.0 Å². The van der Waals surface area contributed by atoms with Crippen LogP contribution in [0.2, 0.25) is 0 Å². The Morgan fingerprint density at radius 2 is 2.00 bits per heavy atom. The highest BCUT2D eigenvalue weighted by atomic mass is 16.5. The molecule has 0 aliphatic carbocycles. The highest BCUT2D eigenvalue weighted by Crippen LogP contribution is 2.12. The largest absolute Gasteiger partial charge is 0.494 e. The van der Waals surface area contributed by atoms with E-state index in [9.17, 15) is 4.79 Å². The van der Waals surface area contributed by atoms with Crippen molar-refractivity contribution in [3.8, 4) is 5.75 Å². The molecule has 1 aromatic carbocycles. The van der Waals surface area contributed by atoms with E-state index >= 15 is 0 Å². The van der Waals surface area contributed by atoms with E-state index in [1.807, 2.05) is 31.2 Å². The van der Waals surface area contributed by atoms with Gasteiger partial charge in [0.1, 0.15) is 11.8 Å². The van der Waals surface area contributed by atoms with Gasteiger partial charge in [-0.15, -0.1) is 0 Å². The van der Waals surface area contributed by atoms with Crippen LogP contribution in [0.1, 0.15) is 25.3 Å². The molecule has 4 nitrogen and oxygen atoms in total. The predicted molar refractivity (Wildman–Crippen MR) is 75.4 cm³/mol. The minimum absolute atomic E-state index is 0.235. The second-order valence-corrected chi connectivity index (χ2v) is 4.48. The Balaban J connectivity index is 2.38. The molecule has 0 saturated carbocycles. The van der Waals surface area contributed by atoms with Gasteiger partial charge in [0, 0.05) is 6.42 Å². The molecule has 0 fully saturated rings. The summed E-state index contributed by atoms with van der Waals surface area (Å²) in [5, 5.41) is 3.16. The van der Waals surface area contributed by atoms with Crippen molar-refractivity contribution in [2.45, 2.75) is 32.7 Å². The Morgan fingerprint density at radius 1 is 1.32 bits per heavy atom. The third-order valence-corrected chi connectivity index (χ3v) is 2.82. The van der Waals surface area contributed by atoms with Gasteiger partial charge in [-0.1, -0.05) is 24.6 Å². The second-order valence-electron chi connectivity index (χ2n) is 4.48. The van der Waals surface area contributed by atoms with Gasteiger partial charge in [-0.2, -0.15) is 0 Å². The van der Waals surface area contributed by atoms with Gasteiger partial charge in [0.05, 0.1) is 13.7 Å². The van der Waals surface area contributed by atoms with Crippen molar-refractivity contribution in [3.63, 3.8) is 0 Å². The van der Waals surface area contributed by atoms with Gasteiger partial charge in [0.25, 0.3) is 0 Å². The van der Waals surface area contributed by atoms with E-state index < -0.39 is 0 Å². The summed E-state index contributed by atoms with van der Waals surface area (Å²) < 4.78 is 10.4. The third kappa shape index (κ3) is 5.75. The number of carbonyl (C=O) groups excluding carboxylic acids is 1. The Hall–Kier alpha value is -1.55. The van der Waals surface area contributed by atoms with Crippen LogP contribution in [0, 0.1) is 6.92 Å². The number of ether oxygens (including phenoxy) is 2. The number of hydrogen-bond donors (Lipinski definition) is 1. The van der Waals surface area contributed by atoms with Crippen LogP contribution >= 0.6 is 0 Å². The van der Waals surface area contributed by atoms with E-state index in [0.29, 0.717) is 13.0 Å². The van der Waals surface area contributed by atoms with Gasteiger partial charge in [0.15, 0.2) is 0 Å². The smallest absolute Gasteiger partial charge is 0.322 e. The average molecular weight is 265 g/mol. The Bertz CT molecular complexity index is 375. The zero-order chi connectivity index (χ0) is 14.1. The van der Waals surface area contributed by atoms with Gasteiger partial charge in [0.2, 0.25) is 0 Å². The molecular weight excluding hydrogens is 242 g/mol. The van der Waals surface area contributed by atoms with Gasteiger partial charge < -0.3 is 14.8 Å². The molecule has 0 radical (unpaired) electrons. The molecule has 1 rings (SSSR count). The lowest BCUT2D eigenvalue weighted by Gasteiger charge is -2.16. The summed E-state index contributed by atoms with van der Waals surface area (Å²) >= 11 is 0. The molecule has 4 heteroatoms. The normalized spacial score (nSPS) is 11.9. The maximum Gasteiger partial charge on any atom is 0.322 e. The number of benzene rings is 1. The van der Waals surface area contributed by atoms with Crippen molar-refractivity contribution in [1.29, 1.82) is 0 Å². The van der Waals surface area contributed by atoms with E-state index in [4.69, 9.17) is 9.47 Å². The molecule has 1 atom stereocenters. The van der Waals surface area contributed by atoms with Gasteiger partial charge in [-0.05, 0) is 32.0 Å². The van der Waals surface area contributed by atoms with Crippen molar-refractivity contribution >= 4 is 5.97 Å². The van der Waals surface area contributed by atoms with Crippen molar-refractivity contribution < 1.29 is 14.3 Å². The van der Waals surface area contributed by atoms with Gasteiger partial charge in [-0.25, -0.2) is 0 Å². The first-order valence-corrected chi connectivity index (χ1v) is 6.68. The van der Waals surface area contributed by atoms with E-state index in [2.05, 4.69) is 12.2 Å². The number of aryl methyl sites for hydroxylation is 1. The fraction of sp³-hybridized carbons (Fsp3) is 0.533. The van der Waals surface area contributed by atoms with Crippen molar-refractivity contribution in [2.75, 3.05) is 20.3 Å². The predicted octanol–water partition coefficient (Wildman–Crippen LogP) is 2.31. The quantitative estimate of drug-likeness (QED) is 0.733. The summed E-state index contributed by atoms with van der Waals surface area (Å²) in [5.41, 5.74) is 1.20. The highest BCUT2D eigenvalue weighted by Gasteiger charge is 2.17. The molecule has 1 aromatic rings. The molecule has 0 aliphatic heterocycles. The monoisotopic (exact) mass is 265 g/mol. The van der Waals surface area contributed by atoms with E-state index in [0.717, 1.165) is 18.7 Å². The molecule has 0 bridgehead atoms. The fourth-order valence-electron chi connectivity index (χ4n) is 1.69. The van der Waals surface area contributed by atoms with Crippen LogP contribution in [0.15, 0.2) is 24.3 Å².